The van der Waals surface area contributed by atoms with Crippen molar-refractivity contribution < 1.29 is 5.11 Å². The molecule has 0 aromatic rings. The van der Waals surface area contributed by atoms with Gasteiger partial charge >= 0.3 is 0 Å². The number of rotatable bonds is 1. The molecule has 0 spiro atoms. The van der Waals surface area contributed by atoms with Gasteiger partial charge in [-0.2, -0.15) is 0 Å². The number of halogens is 1. The summed E-state index contributed by atoms with van der Waals surface area (Å²) in [5.41, 5.74) is 1.04. The van der Waals surface area contributed by atoms with Crippen LogP contribution in [0.1, 0.15) is 13.3 Å². The molecule has 1 aliphatic carbocycles. The lowest BCUT2D eigenvalue weighted by Crippen LogP contribution is -2.13. The zero-order valence-electron chi connectivity index (χ0n) is 5.97. The Hall–Kier alpha value is 0.170. The zero-order chi connectivity index (χ0) is 7.61. The van der Waals surface area contributed by atoms with E-state index in [0.717, 1.165) is 12.0 Å². The molecule has 0 aliphatic heterocycles. The van der Waals surface area contributed by atoms with E-state index in [1.54, 1.807) is 0 Å². The van der Waals surface area contributed by atoms with Crippen LogP contribution in [-0.2, 0) is 0 Å². The van der Waals surface area contributed by atoms with E-state index in [0.29, 0.717) is 0 Å². The van der Waals surface area contributed by atoms with Gasteiger partial charge in [-0.05, 0) is 18.9 Å². The molecule has 56 valence electrons. The lowest BCUT2D eigenvalue weighted by molar-refractivity contribution is 0.334. The Bertz CT molecular complexity index is 180. The number of alkyl halides is 1. The summed E-state index contributed by atoms with van der Waals surface area (Å²) in [6.45, 7) is 2.35. The summed E-state index contributed by atoms with van der Waals surface area (Å²) >= 11 is 2.40. The third-order valence-corrected chi connectivity index (χ3v) is 2.39. The van der Waals surface area contributed by atoms with Crippen LogP contribution in [0.25, 0.3) is 0 Å². The summed E-state index contributed by atoms with van der Waals surface area (Å²) in [6.07, 6.45) is 7.25. The Morgan fingerprint density at radius 3 is 2.90 bits per heavy atom. The molecular weight excluding hydrogens is 239 g/mol. The van der Waals surface area contributed by atoms with Gasteiger partial charge in [0.15, 0.2) is 0 Å². The highest BCUT2D eigenvalue weighted by Crippen LogP contribution is 2.29. The smallest absolute Gasteiger partial charge is 0.0678 e. The minimum absolute atomic E-state index is 0.170. The fourth-order valence-corrected chi connectivity index (χ4v) is 1.26. The normalized spacial score (nSPS) is 32.1. The lowest BCUT2D eigenvalue weighted by atomic mass is 9.99. The fourth-order valence-electron chi connectivity index (χ4n) is 0.865. The first-order valence-electron chi connectivity index (χ1n) is 3.32. The molecule has 0 radical (unpaired) electrons. The van der Waals surface area contributed by atoms with Gasteiger partial charge in [-0.3, -0.25) is 0 Å². The van der Waals surface area contributed by atoms with E-state index >= 15 is 0 Å². The van der Waals surface area contributed by atoms with Crippen LogP contribution in [0, 0.1) is 0 Å². The standard InChI is InChI=1S/C8H11IO/c1-8(9)4-2-7(6-10)3-5-8/h2-4,10H,5-6H2,1H3. The summed E-state index contributed by atoms with van der Waals surface area (Å²) in [7, 11) is 0. The summed E-state index contributed by atoms with van der Waals surface area (Å²) in [4.78, 5) is 0. The van der Waals surface area contributed by atoms with Crippen LogP contribution in [-0.4, -0.2) is 15.1 Å². The molecule has 0 saturated heterocycles. The molecule has 2 heteroatoms. The average Bonchev–Trinajstić information content (AvgIpc) is 1.88. The monoisotopic (exact) mass is 250 g/mol. The van der Waals surface area contributed by atoms with Crippen molar-refractivity contribution in [3.8, 4) is 0 Å². The van der Waals surface area contributed by atoms with E-state index in [1.807, 2.05) is 6.08 Å². The van der Waals surface area contributed by atoms with Crippen LogP contribution < -0.4 is 0 Å². The quantitative estimate of drug-likeness (QED) is 0.558. The van der Waals surface area contributed by atoms with Crippen molar-refractivity contribution >= 4 is 22.6 Å². The van der Waals surface area contributed by atoms with Crippen molar-refractivity contribution in [2.75, 3.05) is 6.61 Å². The molecule has 0 fully saturated rings. The number of aliphatic hydroxyl groups excluding tert-OH is 1. The van der Waals surface area contributed by atoms with Gasteiger partial charge < -0.3 is 5.11 Å². The predicted octanol–water partition coefficient (Wildman–Crippen LogP) is 2.06. The Labute approximate surface area is 75.0 Å². The maximum atomic E-state index is 8.74. The second-order valence-corrected chi connectivity index (χ2v) is 5.22. The zero-order valence-corrected chi connectivity index (χ0v) is 8.13. The highest BCUT2D eigenvalue weighted by molar-refractivity contribution is 14.1. The third-order valence-electron chi connectivity index (χ3n) is 1.59. The van der Waals surface area contributed by atoms with Gasteiger partial charge in [-0.15, -0.1) is 0 Å². The van der Waals surface area contributed by atoms with Crippen molar-refractivity contribution in [2.45, 2.75) is 16.8 Å². The molecule has 1 atom stereocenters. The number of hydrogen-bond acceptors (Lipinski definition) is 1. The van der Waals surface area contributed by atoms with E-state index in [1.165, 1.54) is 0 Å². The van der Waals surface area contributed by atoms with E-state index in [-0.39, 0.29) is 10.0 Å². The Kier molecular flexibility index (Phi) is 2.52. The molecule has 1 N–H and O–H groups in total. The van der Waals surface area contributed by atoms with Crippen molar-refractivity contribution in [1.29, 1.82) is 0 Å². The predicted molar refractivity (Wildman–Crippen MR) is 51.4 cm³/mol. The third kappa shape index (κ3) is 2.09. The first kappa shape index (κ1) is 8.27. The SMILES string of the molecule is CC1(I)C=CC(CO)=CC1. The first-order valence-corrected chi connectivity index (χ1v) is 4.40. The van der Waals surface area contributed by atoms with Gasteiger partial charge in [0.1, 0.15) is 0 Å². The molecule has 1 nitrogen and oxygen atoms in total. The summed E-state index contributed by atoms with van der Waals surface area (Å²) < 4.78 is 0.260. The molecule has 0 bridgehead atoms. The number of hydrogen-bond donors (Lipinski definition) is 1. The number of aliphatic hydroxyl groups is 1. The minimum Gasteiger partial charge on any atom is -0.392 e. The molecule has 0 amide bonds. The van der Waals surface area contributed by atoms with Crippen LogP contribution in [0.5, 0.6) is 0 Å². The van der Waals surface area contributed by atoms with E-state index < -0.39 is 0 Å². The maximum absolute atomic E-state index is 8.74. The van der Waals surface area contributed by atoms with Crippen LogP contribution in [0.3, 0.4) is 0 Å². The molecule has 0 saturated carbocycles. The molecule has 0 aromatic heterocycles. The van der Waals surface area contributed by atoms with Crippen molar-refractivity contribution in [3.05, 3.63) is 23.8 Å². The average molecular weight is 250 g/mol. The Balaban J connectivity index is 2.63. The van der Waals surface area contributed by atoms with E-state index in [4.69, 9.17) is 5.11 Å². The lowest BCUT2D eigenvalue weighted by Gasteiger charge is -2.19. The topological polar surface area (TPSA) is 20.2 Å². The van der Waals surface area contributed by atoms with Gasteiger partial charge in [0.2, 0.25) is 0 Å². The van der Waals surface area contributed by atoms with Gasteiger partial charge in [0.05, 0.1) is 6.61 Å². The summed E-state index contributed by atoms with van der Waals surface area (Å²) in [6, 6.07) is 0. The highest BCUT2D eigenvalue weighted by Gasteiger charge is 2.17. The van der Waals surface area contributed by atoms with E-state index in [2.05, 4.69) is 41.7 Å². The first-order chi connectivity index (χ1) is 4.64. The van der Waals surface area contributed by atoms with Gasteiger partial charge in [-0.1, -0.05) is 40.8 Å². The summed E-state index contributed by atoms with van der Waals surface area (Å²) in [5, 5.41) is 8.74. The van der Waals surface area contributed by atoms with Gasteiger partial charge in [-0.25, -0.2) is 0 Å². The molecule has 10 heavy (non-hydrogen) atoms. The molecular formula is C8H11IO. The molecule has 1 rings (SSSR count). The van der Waals surface area contributed by atoms with Crippen molar-refractivity contribution in [1.82, 2.24) is 0 Å². The minimum atomic E-state index is 0.170. The fraction of sp³-hybridized carbons (Fsp3) is 0.500. The van der Waals surface area contributed by atoms with Gasteiger partial charge in [0, 0.05) is 3.42 Å². The molecule has 1 unspecified atom stereocenters. The Morgan fingerprint density at radius 1 is 1.80 bits per heavy atom. The van der Waals surface area contributed by atoms with Crippen LogP contribution >= 0.6 is 22.6 Å². The Morgan fingerprint density at radius 2 is 2.50 bits per heavy atom. The van der Waals surface area contributed by atoms with Crippen molar-refractivity contribution in [3.63, 3.8) is 0 Å². The van der Waals surface area contributed by atoms with Crippen LogP contribution in [0.4, 0.5) is 0 Å². The van der Waals surface area contributed by atoms with Crippen LogP contribution in [0.15, 0.2) is 23.8 Å². The van der Waals surface area contributed by atoms with E-state index in [9.17, 15) is 0 Å². The molecule has 0 heterocycles. The summed E-state index contributed by atoms with van der Waals surface area (Å²) in [5.74, 6) is 0. The second kappa shape index (κ2) is 3.05. The van der Waals surface area contributed by atoms with Crippen LogP contribution in [0.2, 0.25) is 0 Å². The van der Waals surface area contributed by atoms with Gasteiger partial charge in [0.25, 0.3) is 0 Å². The molecule has 1 aliphatic rings. The molecule has 0 aromatic carbocycles. The largest absolute Gasteiger partial charge is 0.392 e. The number of allylic oxidation sites excluding steroid dienone is 2. The maximum Gasteiger partial charge on any atom is 0.0678 e. The van der Waals surface area contributed by atoms with Crippen molar-refractivity contribution in [2.24, 2.45) is 0 Å². The second-order valence-electron chi connectivity index (χ2n) is 2.75. The highest BCUT2D eigenvalue weighted by atomic mass is 127.